The van der Waals surface area contributed by atoms with Gasteiger partial charge in [-0.05, 0) is 43.9 Å². The third-order valence-corrected chi connectivity index (χ3v) is 5.98. The van der Waals surface area contributed by atoms with E-state index in [1.54, 1.807) is 24.1 Å². The molecule has 6 nitrogen and oxygen atoms in total. The highest BCUT2D eigenvalue weighted by Gasteiger charge is 2.32. The summed E-state index contributed by atoms with van der Waals surface area (Å²) in [5.74, 6) is 0.586. The van der Waals surface area contributed by atoms with E-state index in [0.29, 0.717) is 30.2 Å². The summed E-state index contributed by atoms with van der Waals surface area (Å²) in [4.78, 5) is 27.9. The number of hydrogen-bond donors (Lipinski definition) is 1. The van der Waals surface area contributed by atoms with Crippen molar-refractivity contribution >= 4 is 23.4 Å². The van der Waals surface area contributed by atoms with Crippen LogP contribution in [0.4, 0.5) is 0 Å². The Hall–Kier alpha value is -1.95. The summed E-state index contributed by atoms with van der Waals surface area (Å²) in [5, 5.41) is 3.22. The summed E-state index contributed by atoms with van der Waals surface area (Å²) < 4.78 is 11.1. The molecule has 174 valence electrons. The number of unbranched alkanes of at least 4 members (excludes halogenated alkanes) is 1. The quantitative estimate of drug-likeness (QED) is 0.385. The van der Waals surface area contributed by atoms with Crippen LogP contribution in [0.2, 0.25) is 0 Å². The van der Waals surface area contributed by atoms with Gasteiger partial charge in [0.1, 0.15) is 11.9 Å². The summed E-state index contributed by atoms with van der Waals surface area (Å²) in [5.41, 5.74) is 0.695. The molecule has 31 heavy (non-hydrogen) atoms. The molecule has 1 atom stereocenters. The Kier molecular flexibility index (Phi) is 11.0. The van der Waals surface area contributed by atoms with Gasteiger partial charge in [-0.1, -0.05) is 45.1 Å². The van der Waals surface area contributed by atoms with Crippen LogP contribution in [0.5, 0.6) is 11.5 Å². The minimum atomic E-state index is -0.759. The van der Waals surface area contributed by atoms with E-state index in [1.807, 2.05) is 13.0 Å². The van der Waals surface area contributed by atoms with Crippen molar-refractivity contribution in [3.8, 4) is 11.5 Å². The van der Waals surface area contributed by atoms with Crippen molar-refractivity contribution in [2.24, 2.45) is 0 Å². The van der Waals surface area contributed by atoms with Crippen molar-refractivity contribution < 1.29 is 19.1 Å². The average molecular weight is 453 g/mol. The third kappa shape index (κ3) is 7.30. The first kappa shape index (κ1) is 25.3. The van der Waals surface area contributed by atoms with Crippen LogP contribution < -0.4 is 14.8 Å². The molecule has 0 unspecified atom stereocenters. The number of methoxy groups -OCH3 is 1. The Bertz CT molecular complexity index is 705. The molecule has 1 aliphatic carbocycles. The number of rotatable bonds is 11. The number of amides is 2. The van der Waals surface area contributed by atoms with Gasteiger partial charge >= 0.3 is 0 Å². The molecule has 0 aliphatic heterocycles. The lowest BCUT2D eigenvalue weighted by Crippen LogP contribution is -2.47. The number of nitrogens with one attached hydrogen (secondary N) is 1. The van der Waals surface area contributed by atoms with Gasteiger partial charge in [-0.2, -0.15) is 0 Å². The molecular formula is C24H37ClN2O4. The molecule has 1 aliphatic rings. The average Bonchev–Trinajstić information content (AvgIpc) is 3.05. The lowest BCUT2D eigenvalue weighted by molar-refractivity contribution is -0.139. The first-order valence-corrected chi connectivity index (χ1v) is 12.1. The molecule has 0 heterocycles. The van der Waals surface area contributed by atoms with Crippen LogP contribution in [0.1, 0.15) is 76.8 Å². The van der Waals surface area contributed by atoms with Gasteiger partial charge in [0, 0.05) is 12.6 Å². The topological polar surface area (TPSA) is 67.9 Å². The molecule has 1 aromatic rings. The SMILES string of the molecule is CCCCN(C(=O)CCl)[C@@H](C(=O)NC1CCCCCC1)c1ccc(OCC)c(OC)c1. The molecule has 2 rings (SSSR count). The maximum Gasteiger partial charge on any atom is 0.247 e. The summed E-state index contributed by atoms with van der Waals surface area (Å²) in [6, 6.07) is 4.81. The molecule has 2 amide bonds. The largest absolute Gasteiger partial charge is 0.493 e. The van der Waals surface area contributed by atoms with Crippen molar-refractivity contribution in [3.63, 3.8) is 0 Å². The standard InChI is InChI=1S/C24H37ClN2O4/c1-4-6-15-27(22(28)17-25)23(24(29)26-19-11-9-7-8-10-12-19)18-13-14-20(31-5-2)21(16-18)30-3/h13-14,16,19,23H,4-12,15,17H2,1-3H3,(H,26,29)/t23-/m1/s1. The zero-order valence-electron chi connectivity index (χ0n) is 19.1. The minimum Gasteiger partial charge on any atom is -0.493 e. The number of carbonyl (C=O) groups is 2. The second kappa shape index (κ2) is 13.5. The highest BCUT2D eigenvalue weighted by Crippen LogP contribution is 2.33. The first-order chi connectivity index (χ1) is 15.0. The van der Waals surface area contributed by atoms with Crippen LogP contribution in [-0.4, -0.2) is 48.9 Å². The maximum atomic E-state index is 13.5. The Morgan fingerprint density at radius 1 is 1.16 bits per heavy atom. The molecule has 0 radical (unpaired) electrons. The van der Waals surface area contributed by atoms with Crippen LogP contribution in [0, 0.1) is 0 Å². The Balaban J connectivity index is 2.40. The number of carbonyl (C=O) groups excluding carboxylic acids is 2. The predicted molar refractivity (Wildman–Crippen MR) is 124 cm³/mol. The molecule has 0 spiro atoms. The van der Waals surface area contributed by atoms with Gasteiger partial charge in [-0.25, -0.2) is 0 Å². The summed E-state index contributed by atoms with van der Waals surface area (Å²) in [7, 11) is 1.57. The minimum absolute atomic E-state index is 0.140. The van der Waals surface area contributed by atoms with E-state index in [1.165, 1.54) is 12.8 Å². The predicted octanol–water partition coefficient (Wildman–Crippen LogP) is 4.84. The van der Waals surface area contributed by atoms with Crippen molar-refractivity contribution in [2.45, 2.75) is 77.3 Å². The van der Waals surface area contributed by atoms with Gasteiger partial charge in [0.25, 0.3) is 0 Å². The number of alkyl halides is 1. The number of halogens is 1. The van der Waals surface area contributed by atoms with E-state index in [0.717, 1.165) is 38.5 Å². The molecular weight excluding hydrogens is 416 g/mol. The molecule has 0 aromatic heterocycles. The van der Waals surface area contributed by atoms with Gasteiger partial charge in [-0.15, -0.1) is 11.6 Å². The maximum absolute atomic E-state index is 13.5. The monoisotopic (exact) mass is 452 g/mol. The normalized spacial score (nSPS) is 15.6. The van der Waals surface area contributed by atoms with Gasteiger partial charge in [0.05, 0.1) is 13.7 Å². The van der Waals surface area contributed by atoms with Gasteiger partial charge in [0.2, 0.25) is 11.8 Å². The highest BCUT2D eigenvalue weighted by molar-refractivity contribution is 6.27. The molecule has 7 heteroatoms. The van der Waals surface area contributed by atoms with Crippen LogP contribution in [-0.2, 0) is 9.59 Å². The van der Waals surface area contributed by atoms with Gasteiger partial charge < -0.3 is 19.7 Å². The number of nitrogens with zero attached hydrogens (tertiary/aromatic N) is 1. The van der Waals surface area contributed by atoms with Crippen molar-refractivity contribution in [1.82, 2.24) is 10.2 Å². The lowest BCUT2D eigenvalue weighted by atomic mass is 10.0. The van der Waals surface area contributed by atoms with Gasteiger partial charge in [-0.3, -0.25) is 9.59 Å². The fourth-order valence-electron chi connectivity index (χ4n) is 4.11. The molecule has 0 saturated heterocycles. The van der Waals surface area contributed by atoms with Crippen LogP contribution in [0.15, 0.2) is 18.2 Å². The molecule has 1 N–H and O–H groups in total. The van der Waals surface area contributed by atoms with Crippen molar-refractivity contribution in [2.75, 3.05) is 26.1 Å². The van der Waals surface area contributed by atoms with E-state index < -0.39 is 6.04 Å². The smallest absolute Gasteiger partial charge is 0.247 e. The van der Waals surface area contributed by atoms with E-state index >= 15 is 0 Å². The van der Waals surface area contributed by atoms with Crippen LogP contribution in [0.25, 0.3) is 0 Å². The second-order valence-corrected chi connectivity index (χ2v) is 8.28. The van der Waals surface area contributed by atoms with Crippen molar-refractivity contribution in [1.29, 1.82) is 0 Å². The fraction of sp³-hybridized carbons (Fsp3) is 0.667. The van der Waals surface area contributed by atoms with Crippen LogP contribution >= 0.6 is 11.6 Å². The van der Waals surface area contributed by atoms with E-state index in [4.69, 9.17) is 21.1 Å². The third-order valence-electron chi connectivity index (χ3n) is 5.75. The number of benzene rings is 1. The Morgan fingerprint density at radius 3 is 2.45 bits per heavy atom. The van der Waals surface area contributed by atoms with Crippen LogP contribution in [0.3, 0.4) is 0 Å². The zero-order valence-corrected chi connectivity index (χ0v) is 19.9. The fourth-order valence-corrected chi connectivity index (χ4v) is 4.26. The highest BCUT2D eigenvalue weighted by atomic mass is 35.5. The van der Waals surface area contributed by atoms with E-state index in [-0.39, 0.29) is 23.7 Å². The number of hydrogen-bond acceptors (Lipinski definition) is 4. The van der Waals surface area contributed by atoms with E-state index in [9.17, 15) is 9.59 Å². The van der Waals surface area contributed by atoms with Gasteiger partial charge in [0.15, 0.2) is 11.5 Å². The molecule has 1 fully saturated rings. The summed E-state index contributed by atoms with van der Waals surface area (Å²) in [6.07, 6.45) is 8.31. The summed E-state index contributed by atoms with van der Waals surface area (Å²) in [6.45, 7) is 4.95. The lowest BCUT2D eigenvalue weighted by Gasteiger charge is -2.32. The zero-order chi connectivity index (χ0) is 22.6. The van der Waals surface area contributed by atoms with E-state index in [2.05, 4.69) is 12.2 Å². The Labute approximate surface area is 191 Å². The Morgan fingerprint density at radius 2 is 1.87 bits per heavy atom. The number of ether oxygens (including phenoxy) is 2. The first-order valence-electron chi connectivity index (χ1n) is 11.5. The molecule has 1 aromatic carbocycles. The second-order valence-electron chi connectivity index (χ2n) is 8.02. The molecule has 0 bridgehead atoms. The van der Waals surface area contributed by atoms with Crippen molar-refractivity contribution in [3.05, 3.63) is 23.8 Å². The molecule has 1 saturated carbocycles. The summed E-state index contributed by atoms with van der Waals surface area (Å²) >= 11 is 5.93.